The van der Waals surface area contributed by atoms with E-state index in [1.165, 1.54) is 0 Å². The molecule has 0 aliphatic heterocycles. The van der Waals surface area contributed by atoms with Crippen molar-refractivity contribution >= 4 is 17.8 Å². The van der Waals surface area contributed by atoms with Gasteiger partial charge in [0.25, 0.3) is 0 Å². The van der Waals surface area contributed by atoms with Crippen LogP contribution in [-0.2, 0) is 14.4 Å². The smallest absolute Gasteiger partial charge is 0.336 e. The number of nitrogens with two attached hydrogens (primary N) is 1. The van der Waals surface area contributed by atoms with Crippen LogP contribution in [0, 0.1) is 0 Å². The summed E-state index contributed by atoms with van der Waals surface area (Å²) in [5, 5.41) is 29.0. The van der Waals surface area contributed by atoms with Gasteiger partial charge in [0, 0.05) is 6.54 Å². The van der Waals surface area contributed by atoms with Crippen LogP contribution < -0.4 is 11.1 Å². The molecule has 0 aliphatic rings. The molecular weight excluding hydrogens is 232 g/mol. The maximum Gasteiger partial charge on any atom is 0.336 e. The van der Waals surface area contributed by atoms with Crippen LogP contribution in [0.3, 0.4) is 0 Å². The Hall–Kier alpha value is -1.67. The number of hydrogen-bond acceptors (Lipinski definition) is 5. The number of hydrogen-bond donors (Lipinski definition) is 5. The summed E-state index contributed by atoms with van der Waals surface area (Å²) in [6, 6.07) is 0. The van der Waals surface area contributed by atoms with Crippen LogP contribution in [0.25, 0.3) is 0 Å². The van der Waals surface area contributed by atoms with E-state index in [0.29, 0.717) is 13.0 Å². The lowest BCUT2D eigenvalue weighted by atomic mass is 9.95. The molecule has 0 aliphatic carbocycles. The molecule has 0 unspecified atom stereocenters. The maximum atomic E-state index is 11.3. The number of amides is 1. The first-order valence-electron chi connectivity index (χ1n) is 4.96. The topological polar surface area (TPSA) is 150 Å². The fraction of sp³-hybridized carbons (Fsp3) is 0.667. The highest BCUT2D eigenvalue weighted by Crippen LogP contribution is 2.15. The van der Waals surface area contributed by atoms with E-state index in [4.69, 9.17) is 15.9 Å². The lowest BCUT2D eigenvalue weighted by Crippen LogP contribution is -2.45. The lowest BCUT2D eigenvalue weighted by Gasteiger charge is -2.20. The van der Waals surface area contributed by atoms with Gasteiger partial charge in [-0.05, 0) is 13.0 Å². The first-order chi connectivity index (χ1) is 7.81. The van der Waals surface area contributed by atoms with Crippen LogP contribution in [0.4, 0.5) is 0 Å². The predicted octanol–water partition coefficient (Wildman–Crippen LogP) is -1.87. The minimum absolute atomic E-state index is 0.248. The van der Waals surface area contributed by atoms with Crippen molar-refractivity contribution in [3.8, 4) is 0 Å². The molecule has 0 radical (unpaired) electrons. The molecule has 98 valence electrons. The average Bonchev–Trinajstić information content (AvgIpc) is 2.16. The summed E-state index contributed by atoms with van der Waals surface area (Å²) >= 11 is 0. The fourth-order valence-electron chi connectivity index (χ4n) is 1.12. The molecule has 0 rings (SSSR count). The Kier molecular flexibility index (Phi) is 6.15. The zero-order chi connectivity index (χ0) is 13.5. The van der Waals surface area contributed by atoms with Gasteiger partial charge in [-0.3, -0.25) is 9.59 Å². The highest BCUT2D eigenvalue weighted by molar-refractivity contribution is 5.90. The minimum Gasteiger partial charge on any atom is -0.481 e. The SMILES string of the molecule is NCCCNC(=O)C[C@](O)(CC(=O)O)C(=O)O. The minimum atomic E-state index is -2.58. The van der Waals surface area contributed by atoms with Crippen molar-refractivity contribution in [2.24, 2.45) is 5.73 Å². The quantitative estimate of drug-likeness (QED) is 0.316. The van der Waals surface area contributed by atoms with Gasteiger partial charge in [-0.15, -0.1) is 0 Å². The average molecular weight is 248 g/mol. The van der Waals surface area contributed by atoms with Crippen molar-refractivity contribution in [1.29, 1.82) is 0 Å². The third-order valence-corrected chi connectivity index (χ3v) is 2.00. The van der Waals surface area contributed by atoms with E-state index in [-0.39, 0.29) is 6.54 Å². The molecule has 0 heterocycles. The van der Waals surface area contributed by atoms with Crippen LogP contribution in [-0.4, -0.2) is 51.9 Å². The molecule has 1 atom stereocenters. The summed E-state index contributed by atoms with van der Waals surface area (Å²) < 4.78 is 0. The van der Waals surface area contributed by atoms with E-state index < -0.39 is 36.3 Å². The Morgan fingerprint density at radius 3 is 2.18 bits per heavy atom. The predicted molar refractivity (Wildman–Crippen MR) is 56.1 cm³/mol. The van der Waals surface area contributed by atoms with Crippen molar-refractivity contribution in [2.75, 3.05) is 13.1 Å². The second kappa shape index (κ2) is 6.81. The van der Waals surface area contributed by atoms with E-state index in [1.807, 2.05) is 0 Å². The number of aliphatic carboxylic acids is 2. The monoisotopic (exact) mass is 248 g/mol. The number of carboxylic acid groups (broad SMARTS) is 2. The van der Waals surface area contributed by atoms with Gasteiger partial charge < -0.3 is 26.4 Å². The van der Waals surface area contributed by atoms with Gasteiger partial charge in [0.2, 0.25) is 5.91 Å². The van der Waals surface area contributed by atoms with Gasteiger partial charge >= 0.3 is 11.9 Å². The van der Waals surface area contributed by atoms with E-state index in [1.54, 1.807) is 0 Å². The van der Waals surface area contributed by atoms with Gasteiger partial charge in [-0.1, -0.05) is 0 Å². The summed E-state index contributed by atoms with van der Waals surface area (Å²) in [4.78, 5) is 32.3. The molecule has 0 saturated carbocycles. The molecule has 0 fully saturated rings. The van der Waals surface area contributed by atoms with Gasteiger partial charge in [0.15, 0.2) is 5.60 Å². The molecule has 1 amide bonds. The fourth-order valence-corrected chi connectivity index (χ4v) is 1.12. The third kappa shape index (κ3) is 5.83. The molecule has 0 bridgehead atoms. The maximum absolute atomic E-state index is 11.3. The Labute approximate surface area is 97.4 Å². The summed E-state index contributed by atoms with van der Waals surface area (Å²) in [5.41, 5.74) is 2.60. The lowest BCUT2D eigenvalue weighted by molar-refractivity contribution is -0.167. The van der Waals surface area contributed by atoms with E-state index in [0.717, 1.165) is 0 Å². The van der Waals surface area contributed by atoms with Crippen LogP contribution in [0.15, 0.2) is 0 Å². The van der Waals surface area contributed by atoms with Crippen LogP contribution in [0.5, 0.6) is 0 Å². The second-order valence-electron chi connectivity index (χ2n) is 3.58. The molecule has 17 heavy (non-hydrogen) atoms. The molecule has 0 saturated heterocycles. The summed E-state index contributed by atoms with van der Waals surface area (Å²) in [6.45, 7) is 0.608. The van der Waals surface area contributed by atoms with Gasteiger partial charge in [-0.25, -0.2) is 4.79 Å². The largest absolute Gasteiger partial charge is 0.481 e. The number of aliphatic hydroxyl groups is 1. The Bertz CT molecular complexity index is 306. The first kappa shape index (κ1) is 15.3. The van der Waals surface area contributed by atoms with Crippen molar-refractivity contribution < 1.29 is 29.7 Å². The molecular formula is C9H16N2O6. The van der Waals surface area contributed by atoms with E-state index >= 15 is 0 Å². The number of carbonyl (C=O) groups excluding carboxylic acids is 1. The van der Waals surface area contributed by atoms with Crippen molar-refractivity contribution in [3.05, 3.63) is 0 Å². The number of carbonyl (C=O) groups is 3. The Balaban J connectivity index is 4.39. The molecule has 6 N–H and O–H groups in total. The summed E-state index contributed by atoms with van der Waals surface area (Å²) in [7, 11) is 0. The number of carboxylic acids is 2. The van der Waals surface area contributed by atoms with E-state index in [9.17, 15) is 19.5 Å². The molecule has 0 spiro atoms. The molecule has 0 aromatic heterocycles. The zero-order valence-corrected chi connectivity index (χ0v) is 9.18. The summed E-state index contributed by atoms with van der Waals surface area (Å²) in [5.74, 6) is -3.97. The molecule has 0 aromatic carbocycles. The van der Waals surface area contributed by atoms with Crippen LogP contribution in [0.1, 0.15) is 19.3 Å². The van der Waals surface area contributed by atoms with Crippen LogP contribution >= 0.6 is 0 Å². The normalized spacial score (nSPS) is 13.8. The standard InChI is InChI=1S/C9H16N2O6/c10-2-1-3-11-6(12)4-9(17,8(15)16)5-7(13)14/h17H,1-5,10H2,(H,11,12)(H,13,14)(H,15,16)/t9-/m0/s1. The second-order valence-corrected chi connectivity index (χ2v) is 3.58. The molecule has 8 heteroatoms. The third-order valence-electron chi connectivity index (χ3n) is 2.00. The van der Waals surface area contributed by atoms with Crippen molar-refractivity contribution in [2.45, 2.75) is 24.9 Å². The van der Waals surface area contributed by atoms with Crippen molar-refractivity contribution in [3.63, 3.8) is 0 Å². The highest BCUT2D eigenvalue weighted by Gasteiger charge is 2.40. The number of nitrogens with one attached hydrogen (secondary N) is 1. The molecule has 8 nitrogen and oxygen atoms in total. The Morgan fingerprint density at radius 1 is 1.18 bits per heavy atom. The Morgan fingerprint density at radius 2 is 1.76 bits per heavy atom. The van der Waals surface area contributed by atoms with Crippen molar-refractivity contribution in [1.82, 2.24) is 5.32 Å². The number of rotatable bonds is 8. The van der Waals surface area contributed by atoms with Gasteiger partial charge in [0.1, 0.15) is 0 Å². The first-order valence-corrected chi connectivity index (χ1v) is 4.96. The summed E-state index contributed by atoms with van der Waals surface area (Å²) in [6.07, 6.45) is -1.33. The highest BCUT2D eigenvalue weighted by atomic mass is 16.4. The van der Waals surface area contributed by atoms with Gasteiger partial charge in [-0.2, -0.15) is 0 Å². The zero-order valence-electron chi connectivity index (χ0n) is 9.18. The van der Waals surface area contributed by atoms with E-state index in [2.05, 4.69) is 5.32 Å². The van der Waals surface area contributed by atoms with Crippen LogP contribution in [0.2, 0.25) is 0 Å². The van der Waals surface area contributed by atoms with Gasteiger partial charge in [0.05, 0.1) is 12.8 Å². The molecule has 0 aromatic rings.